The summed E-state index contributed by atoms with van der Waals surface area (Å²) in [5.74, 6) is -0.464. The zero-order valence-electron chi connectivity index (χ0n) is 44.0. The van der Waals surface area contributed by atoms with Gasteiger partial charge >= 0.3 is 0 Å². The van der Waals surface area contributed by atoms with Gasteiger partial charge < -0.3 is 40.9 Å². The summed E-state index contributed by atoms with van der Waals surface area (Å²) >= 11 is 0. The second-order valence-electron chi connectivity index (χ2n) is 21.2. The standard InChI is InChI=1S/C60H78N8O6/c1-41(61-3)55(69)63-53(47-19-11-20-47)59(73)67-35-13-23-51(67)39-65(37-33-43-15-7-5-8-16-43)57(71)49-29-25-45(26-30-49)46-27-31-50(32-28-46)58(72)66(38-34-44-17-9-6-10-18-44)40-52-24-14-36-68(52)60(74)54(48-21-12-22-48)64-56(70)42(2)62-4/h5-10,15-18,25-32,41-42,47-48,51-54,61-62H,11-14,19-24,33-40H2,1-4H3,(H,63,69)(H,64,70)/t41-,42-,51-,52+,53-,54-/m0/s1. The van der Waals surface area contributed by atoms with Crippen LogP contribution in [0.4, 0.5) is 0 Å². The summed E-state index contributed by atoms with van der Waals surface area (Å²) in [5.41, 5.74) is 5.15. The van der Waals surface area contributed by atoms with E-state index < -0.39 is 24.2 Å². The molecule has 4 aliphatic rings. The van der Waals surface area contributed by atoms with Crippen molar-refractivity contribution in [3.8, 4) is 11.1 Å². The molecule has 0 aromatic heterocycles. The van der Waals surface area contributed by atoms with E-state index in [-0.39, 0.29) is 59.4 Å². The number of nitrogens with zero attached hydrogens (tertiary/aromatic N) is 4. The Hall–Kier alpha value is -6.38. The van der Waals surface area contributed by atoms with Crippen molar-refractivity contribution < 1.29 is 28.8 Å². The number of hydrogen-bond donors (Lipinski definition) is 4. The fourth-order valence-electron chi connectivity index (χ4n) is 11.0. The molecule has 74 heavy (non-hydrogen) atoms. The van der Waals surface area contributed by atoms with Crippen LogP contribution in [0, 0.1) is 11.8 Å². The topological polar surface area (TPSA) is 163 Å². The van der Waals surface area contributed by atoms with Gasteiger partial charge in [0.15, 0.2) is 0 Å². The molecule has 14 heteroatoms. The maximum Gasteiger partial charge on any atom is 0.253 e. The molecule has 4 aromatic rings. The number of benzene rings is 4. The van der Waals surface area contributed by atoms with Crippen LogP contribution in [-0.4, -0.2) is 145 Å². The van der Waals surface area contributed by atoms with Gasteiger partial charge in [-0.2, -0.15) is 0 Å². The van der Waals surface area contributed by atoms with E-state index in [9.17, 15) is 28.8 Å². The van der Waals surface area contributed by atoms with Crippen molar-refractivity contribution in [2.75, 3.05) is 53.4 Å². The van der Waals surface area contributed by atoms with Crippen LogP contribution in [0.5, 0.6) is 0 Å². The van der Waals surface area contributed by atoms with Crippen molar-refractivity contribution in [3.05, 3.63) is 131 Å². The molecule has 0 spiro atoms. The van der Waals surface area contributed by atoms with E-state index in [4.69, 9.17) is 0 Å². The Labute approximate surface area is 438 Å². The van der Waals surface area contributed by atoms with Crippen LogP contribution < -0.4 is 21.3 Å². The zero-order valence-corrected chi connectivity index (χ0v) is 44.0. The summed E-state index contributed by atoms with van der Waals surface area (Å²) < 4.78 is 0. The monoisotopic (exact) mass is 1010 g/mol. The first kappa shape index (κ1) is 53.9. The van der Waals surface area contributed by atoms with Crippen molar-refractivity contribution in [1.29, 1.82) is 0 Å². The smallest absolute Gasteiger partial charge is 0.253 e. The average Bonchev–Trinajstić information content (AvgIpc) is 4.08. The van der Waals surface area contributed by atoms with Crippen molar-refractivity contribution in [2.24, 2.45) is 11.8 Å². The molecule has 0 bridgehead atoms. The number of likely N-dealkylation sites (N-methyl/N-ethyl adjacent to an activating group) is 2. The molecule has 2 saturated heterocycles. The lowest BCUT2D eigenvalue weighted by atomic mass is 9.79. The molecular weight excluding hydrogens is 929 g/mol. The second-order valence-corrected chi connectivity index (χ2v) is 21.2. The molecule has 2 saturated carbocycles. The van der Waals surface area contributed by atoms with Crippen LogP contribution in [0.2, 0.25) is 0 Å². The van der Waals surface area contributed by atoms with Gasteiger partial charge in [-0.05, 0) is 151 Å². The van der Waals surface area contributed by atoms with Gasteiger partial charge in [-0.3, -0.25) is 28.8 Å². The maximum absolute atomic E-state index is 14.6. The third kappa shape index (κ3) is 13.3. The highest BCUT2D eigenvalue weighted by Crippen LogP contribution is 2.34. The molecule has 2 heterocycles. The molecule has 14 nitrogen and oxygen atoms in total. The first-order valence-corrected chi connectivity index (χ1v) is 27.4. The molecule has 394 valence electrons. The van der Waals surface area contributed by atoms with Gasteiger partial charge in [0.2, 0.25) is 23.6 Å². The van der Waals surface area contributed by atoms with E-state index in [0.29, 0.717) is 63.2 Å². The van der Waals surface area contributed by atoms with Crippen LogP contribution >= 0.6 is 0 Å². The lowest BCUT2D eigenvalue weighted by molar-refractivity contribution is -0.140. The quantitative estimate of drug-likeness (QED) is 0.0656. The van der Waals surface area contributed by atoms with E-state index in [1.807, 2.05) is 105 Å². The summed E-state index contributed by atoms with van der Waals surface area (Å²) in [6.45, 7) is 6.51. The largest absolute Gasteiger partial charge is 0.343 e. The highest BCUT2D eigenvalue weighted by molar-refractivity contribution is 5.96. The van der Waals surface area contributed by atoms with Crippen LogP contribution in [0.1, 0.15) is 110 Å². The SMILES string of the molecule is CN[C@@H](C)C(=O)N[C@H](C(=O)N1CCC[C@@H]1CN(CCc1ccccc1)C(=O)c1ccc(-c2ccc(C(=O)N(CCc3ccccc3)C[C@@H]3CCCN3C(=O)[C@@H](NC(=O)[C@H](C)NC)C3CCC3)cc2)cc1)C1CCC1. The Balaban J connectivity index is 0.959. The minimum absolute atomic E-state index is 0.0516. The predicted molar refractivity (Wildman–Crippen MR) is 289 cm³/mol. The Morgan fingerprint density at radius 2 is 0.865 bits per heavy atom. The van der Waals surface area contributed by atoms with Crippen molar-refractivity contribution in [1.82, 2.24) is 40.9 Å². The van der Waals surface area contributed by atoms with E-state index in [1.165, 1.54) is 0 Å². The lowest BCUT2D eigenvalue weighted by Gasteiger charge is -2.38. The van der Waals surface area contributed by atoms with Gasteiger partial charge in [-0.25, -0.2) is 0 Å². The van der Waals surface area contributed by atoms with Gasteiger partial charge in [-0.1, -0.05) is 97.8 Å². The summed E-state index contributed by atoms with van der Waals surface area (Å²) in [6, 6.07) is 33.1. The van der Waals surface area contributed by atoms with Gasteiger partial charge in [0.05, 0.1) is 12.1 Å². The van der Waals surface area contributed by atoms with Crippen molar-refractivity contribution in [2.45, 2.75) is 127 Å². The number of amides is 6. The zero-order chi connectivity index (χ0) is 52.1. The molecule has 4 fully saturated rings. The molecule has 8 rings (SSSR count). The van der Waals surface area contributed by atoms with Gasteiger partial charge in [-0.15, -0.1) is 0 Å². The minimum Gasteiger partial charge on any atom is -0.343 e. The molecular formula is C60H78N8O6. The average molecular weight is 1010 g/mol. The first-order chi connectivity index (χ1) is 35.9. The number of nitrogens with one attached hydrogen (secondary N) is 4. The van der Waals surface area contributed by atoms with Crippen LogP contribution in [0.15, 0.2) is 109 Å². The fraction of sp³-hybridized carbons (Fsp3) is 0.500. The molecule has 2 aliphatic carbocycles. The van der Waals surface area contributed by atoms with Crippen LogP contribution in [-0.2, 0) is 32.0 Å². The molecule has 4 aromatic carbocycles. The predicted octanol–water partition coefficient (Wildman–Crippen LogP) is 6.49. The Kier molecular flexibility index (Phi) is 18.7. The number of carbonyl (C=O) groups excluding carboxylic acids is 6. The van der Waals surface area contributed by atoms with E-state index in [1.54, 1.807) is 27.9 Å². The Morgan fingerprint density at radius 1 is 0.500 bits per heavy atom. The summed E-state index contributed by atoms with van der Waals surface area (Å²) in [6.07, 6.45) is 10.3. The molecule has 0 radical (unpaired) electrons. The third-order valence-corrected chi connectivity index (χ3v) is 16.4. The fourth-order valence-corrected chi connectivity index (χ4v) is 11.0. The molecule has 2 aliphatic heterocycles. The Morgan fingerprint density at radius 3 is 1.19 bits per heavy atom. The van der Waals surface area contributed by atoms with E-state index in [0.717, 1.165) is 86.5 Å². The van der Waals surface area contributed by atoms with Crippen molar-refractivity contribution >= 4 is 35.4 Å². The third-order valence-electron chi connectivity index (χ3n) is 16.4. The molecule has 0 unspecified atom stereocenters. The minimum atomic E-state index is -0.580. The summed E-state index contributed by atoms with van der Waals surface area (Å²) in [4.78, 5) is 91.5. The van der Waals surface area contributed by atoms with Crippen LogP contribution in [0.25, 0.3) is 11.1 Å². The number of hydrogen-bond acceptors (Lipinski definition) is 8. The Bertz CT molecular complexity index is 2340. The van der Waals surface area contributed by atoms with E-state index >= 15 is 0 Å². The summed E-state index contributed by atoms with van der Waals surface area (Å²) in [5, 5.41) is 12.1. The molecule has 6 amide bonds. The van der Waals surface area contributed by atoms with Gasteiger partial charge in [0.25, 0.3) is 11.8 Å². The maximum atomic E-state index is 14.6. The highest BCUT2D eigenvalue weighted by Gasteiger charge is 2.43. The number of rotatable bonds is 23. The number of likely N-dealkylation sites (tertiary alicyclic amines) is 2. The van der Waals surface area contributed by atoms with Gasteiger partial charge in [0.1, 0.15) is 12.1 Å². The van der Waals surface area contributed by atoms with Crippen molar-refractivity contribution in [3.63, 3.8) is 0 Å². The number of carbonyl (C=O) groups is 6. The molecule has 4 N–H and O–H groups in total. The van der Waals surface area contributed by atoms with E-state index in [2.05, 4.69) is 45.5 Å². The van der Waals surface area contributed by atoms with Gasteiger partial charge in [0, 0.05) is 62.5 Å². The first-order valence-electron chi connectivity index (χ1n) is 27.4. The lowest BCUT2D eigenvalue weighted by Crippen LogP contribution is -2.58. The molecule has 6 atom stereocenters. The normalized spacial score (nSPS) is 19.4. The highest BCUT2D eigenvalue weighted by atomic mass is 16.2. The second kappa shape index (κ2) is 25.7. The summed E-state index contributed by atoms with van der Waals surface area (Å²) in [7, 11) is 3.47. The van der Waals surface area contributed by atoms with Crippen LogP contribution in [0.3, 0.4) is 0 Å².